The summed E-state index contributed by atoms with van der Waals surface area (Å²) >= 11 is 0. The zero-order valence-corrected chi connectivity index (χ0v) is 18.4. The largest absolute Gasteiger partial charge is 0.490 e. The molecular weight excluding hydrogens is 418 g/mol. The maximum Gasteiger partial charge on any atom is 0.264 e. The highest BCUT2D eigenvalue weighted by atomic mass is 19.3. The Balaban J connectivity index is 1.62. The maximum atomic E-state index is 13.7. The fourth-order valence-electron chi connectivity index (χ4n) is 4.98. The minimum atomic E-state index is -2.56. The van der Waals surface area contributed by atoms with E-state index >= 15 is 0 Å². The average Bonchev–Trinajstić information content (AvgIpc) is 3.17. The first-order valence-electron chi connectivity index (χ1n) is 11.2. The number of rotatable bonds is 3. The summed E-state index contributed by atoms with van der Waals surface area (Å²) < 4.78 is 40.8. The molecule has 1 amide bonds. The molecule has 3 aliphatic heterocycles. The second-order valence-electron chi connectivity index (χ2n) is 8.70. The van der Waals surface area contributed by atoms with Crippen LogP contribution >= 0.6 is 0 Å². The van der Waals surface area contributed by atoms with Crippen LogP contribution in [0, 0.1) is 6.92 Å². The molecule has 172 valence electrons. The molecule has 0 spiro atoms. The lowest BCUT2D eigenvalue weighted by molar-refractivity contribution is -0.129. The van der Waals surface area contributed by atoms with Gasteiger partial charge in [0, 0.05) is 49.9 Å². The molecule has 0 saturated carbocycles. The van der Waals surface area contributed by atoms with Crippen LogP contribution in [0.25, 0.3) is 0 Å². The third-order valence-electron chi connectivity index (χ3n) is 6.75. The van der Waals surface area contributed by atoms with E-state index in [1.165, 1.54) is 6.07 Å². The normalized spacial score (nSPS) is 19.0. The number of halogens is 2. The van der Waals surface area contributed by atoms with Gasteiger partial charge in [-0.2, -0.15) is 5.10 Å². The van der Waals surface area contributed by atoms with Crippen molar-refractivity contribution in [1.82, 2.24) is 14.7 Å². The molecule has 4 heterocycles. The molecule has 0 unspecified atom stereocenters. The van der Waals surface area contributed by atoms with Crippen molar-refractivity contribution in [3.8, 4) is 5.75 Å². The Morgan fingerprint density at radius 3 is 2.69 bits per heavy atom. The Hall–Kier alpha value is -2.68. The van der Waals surface area contributed by atoms with Crippen molar-refractivity contribution in [2.75, 3.05) is 37.8 Å². The van der Waals surface area contributed by atoms with Crippen molar-refractivity contribution in [1.29, 1.82) is 0 Å². The van der Waals surface area contributed by atoms with Gasteiger partial charge in [-0.1, -0.05) is 0 Å². The van der Waals surface area contributed by atoms with Crippen LogP contribution in [0.3, 0.4) is 0 Å². The van der Waals surface area contributed by atoms with Crippen LogP contribution in [-0.4, -0.2) is 53.5 Å². The number of carbonyl (C=O) groups excluding carboxylic acids is 1. The number of anilines is 2. The van der Waals surface area contributed by atoms with E-state index in [0.717, 1.165) is 36.3 Å². The van der Waals surface area contributed by atoms with Crippen LogP contribution in [-0.2, 0) is 22.5 Å². The SMILES string of the molecule is CC(=O)N1CCc2c(c(N3CCOc4cc(C)c(C(F)F)cc43)nn2C2CCOCC2)C1. The number of hydrogen-bond donors (Lipinski definition) is 0. The predicted octanol–water partition coefficient (Wildman–Crippen LogP) is 3.92. The van der Waals surface area contributed by atoms with Crippen molar-refractivity contribution in [2.45, 2.75) is 52.1 Å². The van der Waals surface area contributed by atoms with E-state index in [9.17, 15) is 13.6 Å². The summed E-state index contributed by atoms with van der Waals surface area (Å²) in [6.07, 6.45) is -0.0605. The molecule has 0 radical (unpaired) electrons. The summed E-state index contributed by atoms with van der Waals surface area (Å²) in [5, 5.41) is 5.03. The Kier molecular flexibility index (Phi) is 5.53. The van der Waals surface area contributed by atoms with Gasteiger partial charge in [0.2, 0.25) is 5.91 Å². The molecule has 9 heteroatoms. The standard InChI is InChI=1S/C23H28F2N4O3/c1-14-11-21-20(12-17(14)22(24)25)28(7-10-32-21)23-18-13-27(15(2)30)6-3-19(18)29(26-23)16-4-8-31-9-5-16/h11-12,16,22H,3-10,13H2,1-2H3. The van der Waals surface area contributed by atoms with E-state index in [1.54, 1.807) is 19.9 Å². The lowest BCUT2D eigenvalue weighted by Gasteiger charge is -2.33. The molecule has 7 nitrogen and oxygen atoms in total. The predicted molar refractivity (Wildman–Crippen MR) is 115 cm³/mol. The molecule has 3 aliphatic rings. The van der Waals surface area contributed by atoms with E-state index in [1.807, 2.05) is 9.80 Å². The number of aromatic nitrogens is 2. The van der Waals surface area contributed by atoms with Crippen LogP contribution in [0.1, 0.15) is 54.6 Å². The first-order chi connectivity index (χ1) is 15.4. The van der Waals surface area contributed by atoms with E-state index in [2.05, 4.69) is 4.68 Å². The number of aryl methyl sites for hydroxylation is 1. The van der Waals surface area contributed by atoms with Crippen LogP contribution in [0.15, 0.2) is 12.1 Å². The second-order valence-corrected chi connectivity index (χ2v) is 8.70. The van der Waals surface area contributed by atoms with E-state index in [4.69, 9.17) is 14.6 Å². The van der Waals surface area contributed by atoms with E-state index in [0.29, 0.717) is 56.5 Å². The van der Waals surface area contributed by atoms with Crippen molar-refractivity contribution in [3.05, 3.63) is 34.5 Å². The second kappa shape index (κ2) is 8.35. The quantitative estimate of drug-likeness (QED) is 0.716. The Bertz CT molecular complexity index is 1030. The average molecular weight is 446 g/mol. The number of fused-ring (bicyclic) bond motifs is 2. The van der Waals surface area contributed by atoms with E-state index < -0.39 is 6.43 Å². The van der Waals surface area contributed by atoms with Gasteiger partial charge in [-0.3, -0.25) is 9.48 Å². The fraction of sp³-hybridized carbons (Fsp3) is 0.565. The molecule has 0 aliphatic carbocycles. The number of benzene rings is 1. The minimum absolute atomic E-state index is 0.00217. The highest BCUT2D eigenvalue weighted by molar-refractivity contribution is 5.76. The monoisotopic (exact) mass is 446 g/mol. The third kappa shape index (κ3) is 3.62. The number of carbonyl (C=O) groups is 1. The number of alkyl halides is 2. The zero-order valence-electron chi connectivity index (χ0n) is 18.4. The molecule has 1 aromatic heterocycles. The first-order valence-corrected chi connectivity index (χ1v) is 11.2. The highest BCUT2D eigenvalue weighted by Crippen LogP contribution is 2.43. The summed E-state index contributed by atoms with van der Waals surface area (Å²) in [5.74, 6) is 1.36. The summed E-state index contributed by atoms with van der Waals surface area (Å²) in [7, 11) is 0. The van der Waals surface area contributed by atoms with Crippen LogP contribution in [0.4, 0.5) is 20.3 Å². The number of nitrogens with zero attached hydrogens (tertiary/aromatic N) is 4. The van der Waals surface area contributed by atoms with Gasteiger partial charge in [0.25, 0.3) is 6.43 Å². The molecule has 2 aromatic rings. The van der Waals surface area contributed by atoms with Gasteiger partial charge < -0.3 is 19.3 Å². The highest BCUT2D eigenvalue weighted by Gasteiger charge is 2.34. The molecule has 0 bridgehead atoms. The molecule has 1 aromatic carbocycles. The van der Waals surface area contributed by atoms with Crippen molar-refractivity contribution >= 4 is 17.4 Å². The molecule has 1 saturated heterocycles. The Morgan fingerprint density at radius 1 is 1.19 bits per heavy atom. The van der Waals surface area contributed by atoms with Gasteiger partial charge in [-0.05, 0) is 37.5 Å². The van der Waals surface area contributed by atoms with Crippen molar-refractivity contribution in [2.24, 2.45) is 0 Å². The number of amides is 1. The maximum absolute atomic E-state index is 13.7. The molecule has 1 fully saturated rings. The Morgan fingerprint density at radius 2 is 1.97 bits per heavy atom. The van der Waals surface area contributed by atoms with Crippen LogP contribution < -0.4 is 9.64 Å². The molecule has 0 N–H and O–H groups in total. The summed E-state index contributed by atoms with van der Waals surface area (Å²) in [6.45, 7) is 6.74. The smallest absolute Gasteiger partial charge is 0.264 e. The molecular formula is C23H28F2N4O3. The summed E-state index contributed by atoms with van der Waals surface area (Å²) in [4.78, 5) is 15.9. The van der Waals surface area contributed by atoms with Gasteiger partial charge in [0.05, 0.1) is 24.8 Å². The summed E-state index contributed by atoms with van der Waals surface area (Å²) in [5.41, 5.74) is 3.26. The van der Waals surface area contributed by atoms with Crippen LogP contribution in [0.5, 0.6) is 5.75 Å². The van der Waals surface area contributed by atoms with Crippen LogP contribution in [0.2, 0.25) is 0 Å². The fourth-order valence-corrected chi connectivity index (χ4v) is 4.98. The summed E-state index contributed by atoms with van der Waals surface area (Å²) in [6, 6.07) is 3.46. The minimum Gasteiger partial charge on any atom is -0.490 e. The van der Waals surface area contributed by atoms with Gasteiger partial charge in [0.1, 0.15) is 12.4 Å². The van der Waals surface area contributed by atoms with Crippen molar-refractivity contribution < 1.29 is 23.0 Å². The topological polar surface area (TPSA) is 59.8 Å². The van der Waals surface area contributed by atoms with Gasteiger partial charge in [-0.25, -0.2) is 8.78 Å². The van der Waals surface area contributed by atoms with Gasteiger partial charge in [0.15, 0.2) is 5.82 Å². The third-order valence-corrected chi connectivity index (χ3v) is 6.75. The Labute approximate surface area is 185 Å². The molecule has 32 heavy (non-hydrogen) atoms. The van der Waals surface area contributed by atoms with E-state index in [-0.39, 0.29) is 17.5 Å². The molecule has 0 atom stereocenters. The van der Waals surface area contributed by atoms with Crippen molar-refractivity contribution in [3.63, 3.8) is 0 Å². The first kappa shape index (κ1) is 21.2. The molecule has 5 rings (SSSR count). The van der Waals surface area contributed by atoms with Gasteiger partial charge >= 0.3 is 0 Å². The van der Waals surface area contributed by atoms with Gasteiger partial charge in [-0.15, -0.1) is 0 Å². The lowest BCUT2D eigenvalue weighted by atomic mass is 10.0. The lowest BCUT2D eigenvalue weighted by Crippen LogP contribution is -2.36. The zero-order chi connectivity index (χ0) is 22.4. The number of hydrogen-bond acceptors (Lipinski definition) is 5. The number of ether oxygens (including phenoxy) is 2.